The molecule has 1 aliphatic heterocycles. The number of carboxylic acids is 1. The van der Waals surface area contributed by atoms with Gasteiger partial charge in [-0.05, 0) is 36.9 Å². The number of aliphatic carboxylic acids is 1. The van der Waals surface area contributed by atoms with Gasteiger partial charge in [-0.2, -0.15) is 13.2 Å². The highest BCUT2D eigenvalue weighted by Crippen LogP contribution is 2.32. The summed E-state index contributed by atoms with van der Waals surface area (Å²) < 4.78 is 49.8. The van der Waals surface area contributed by atoms with Gasteiger partial charge in [0.25, 0.3) is 0 Å². The Morgan fingerprint density at radius 3 is 2.21 bits per heavy atom. The van der Waals surface area contributed by atoms with Gasteiger partial charge in [-0.15, -0.1) is 0 Å². The molecular formula is C23H26F3NO7. The van der Waals surface area contributed by atoms with Crippen LogP contribution in [0, 0.1) is 0 Å². The van der Waals surface area contributed by atoms with Crippen LogP contribution in [0.2, 0.25) is 0 Å². The number of benzene rings is 2. The van der Waals surface area contributed by atoms with Crippen molar-refractivity contribution in [1.29, 1.82) is 0 Å². The lowest BCUT2D eigenvalue weighted by molar-refractivity contribution is -0.256. The highest BCUT2D eigenvalue weighted by molar-refractivity contribution is 5.73. The Hall–Kier alpha value is -2.70. The van der Waals surface area contributed by atoms with E-state index >= 15 is 0 Å². The van der Waals surface area contributed by atoms with E-state index in [4.69, 9.17) is 9.47 Å². The maximum atomic E-state index is 12.8. The molecule has 8 nitrogen and oxygen atoms in total. The van der Waals surface area contributed by atoms with E-state index in [9.17, 15) is 38.4 Å². The monoisotopic (exact) mass is 485 g/mol. The quantitative estimate of drug-likeness (QED) is 0.449. The Bertz CT molecular complexity index is 942. The van der Waals surface area contributed by atoms with Crippen LogP contribution in [-0.4, -0.2) is 75.5 Å². The highest BCUT2D eigenvalue weighted by atomic mass is 19.4. The van der Waals surface area contributed by atoms with Crippen LogP contribution in [0.15, 0.2) is 54.6 Å². The molecule has 1 saturated heterocycles. The molecule has 0 spiro atoms. The second-order valence-electron chi connectivity index (χ2n) is 8.07. The van der Waals surface area contributed by atoms with E-state index in [1.54, 1.807) is 30.3 Å². The van der Waals surface area contributed by atoms with Gasteiger partial charge in [0.15, 0.2) is 6.10 Å². The number of aliphatic hydroxyl groups is 3. The van der Waals surface area contributed by atoms with Crippen molar-refractivity contribution in [3.05, 3.63) is 65.7 Å². The fourth-order valence-corrected chi connectivity index (χ4v) is 3.73. The first-order valence-electron chi connectivity index (χ1n) is 10.5. The largest absolute Gasteiger partial charge is 0.486 e. The molecule has 0 bridgehead atoms. The lowest BCUT2D eigenvalue weighted by Gasteiger charge is -2.42. The highest BCUT2D eigenvalue weighted by Gasteiger charge is 2.48. The smallest absolute Gasteiger partial charge is 0.416 e. The maximum Gasteiger partial charge on any atom is 0.416 e. The zero-order valence-corrected chi connectivity index (χ0v) is 18.2. The van der Waals surface area contributed by atoms with E-state index in [1.165, 1.54) is 24.1 Å². The molecule has 0 unspecified atom stereocenters. The van der Waals surface area contributed by atoms with E-state index in [2.05, 4.69) is 0 Å². The number of hydrogen-bond acceptors (Lipinski definition) is 7. The Kier molecular flexibility index (Phi) is 8.16. The van der Waals surface area contributed by atoms with Crippen LogP contribution >= 0.6 is 0 Å². The molecule has 2 aromatic rings. The topological polar surface area (TPSA) is 120 Å². The van der Waals surface area contributed by atoms with Crippen molar-refractivity contribution in [2.24, 2.45) is 0 Å². The molecule has 11 heteroatoms. The van der Waals surface area contributed by atoms with Crippen molar-refractivity contribution < 1.29 is 47.9 Å². The van der Waals surface area contributed by atoms with Gasteiger partial charge in [-0.3, -0.25) is 4.90 Å². The molecule has 34 heavy (non-hydrogen) atoms. The molecule has 3 rings (SSSR count). The zero-order chi connectivity index (χ0) is 25.0. The summed E-state index contributed by atoms with van der Waals surface area (Å²) in [6.45, 7) is 0.192. The Morgan fingerprint density at radius 1 is 1.03 bits per heavy atom. The van der Waals surface area contributed by atoms with E-state index in [0.29, 0.717) is 0 Å². The first-order valence-corrected chi connectivity index (χ1v) is 10.5. The fraction of sp³-hybridized carbons (Fsp3) is 0.435. The first kappa shape index (κ1) is 25.9. The second-order valence-corrected chi connectivity index (χ2v) is 8.07. The van der Waals surface area contributed by atoms with Crippen LogP contribution in [0.4, 0.5) is 13.2 Å². The van der Waals surface area contributed by atoms with Crippen LogP contribution in [0.5, 0.6) is 5.75 Å². The SMILES string of the molecule is CN(CC[C@@H](Oc1ccc(C(F)(F)F)cc1)c1ccccc1)[C@@H]1O[C@H](C(=O)O)[C@@H](O)[C@H](O)[C@H]1O. The van der Waals surface area contributed by atoms with Crippen LogP contribution in [0.25, 0.3) is 0 Å². The molecule has 1 heterocycles. The summed E-state index contributed by atoms with van der Waals surface area (Å²) in [6, 6.07) is 13.3. The molecule has 0 amide bonds. The molecule has 186 valence electrons. The molecule has 0 saturated carbocycles. The van der Waals surface area contributed by atoms with Gasteiger partial charge >= 0.3 is 12.1 Å². The fourth-order valence-electron chi connectivity index (χ4n) is 3.73. The summed E-state index contributed by atoms with van der Waals surface area (Å²) in [6.07, 6.45) is -12.8. The van der Waals surface area contributed by atoms with Crippen molar-refractivity contribution >= 4 is 5.97 Å². The number of carbonyl (C=O) groups is 1. The summed E-state index contributed by atoms with van der Waals surface area (Å²) in [5.74, 6) is -1.26. The minimum atomic E-state index is -4.47. The summed E-state index contributed by atoms with van der Waals surface area (Å²) in [7, 11) is 1.54. The average molecular weight is 485 g/mol. The molecule has 1 fully saturated rings. The lowest BCUT2D eigenvalue weighted by Crippen LogP contribution is -2.63. The summed E-state index contributed by atoms with van der Waals surface area (Å²) in [4.78, 5) is 12.8. The predicted octanol–water partition coefficient (Wildman–Crippen LogP) is 2.04. The van der Waals surface area contributed by atoms with Gasteiger partial charge in [-0.1, -0.05) is 30.3 Å². The Balaban J connectivity index is 1.72. The minimum Gasteiger partial charge on any atom is -0.486 e. The maximum absolute atomic E-state index is 12.8. The average Bonchev–Trinajstić information content (AvgIpc) is 2.80. The Morgan fingerprint density at radius 2 is 1.65 bits per heavy atom. The van der Waals surface area contributed by atoms with E-state index in [1.807, 2.05) is 0 Å². The number of alkyl halides is 3. The van der Waals surface area contributed by atoms with Crippen LogP contribution < -0.4 is 4.74 Å². The van der Waals surface area contributed by atoms with Crippen molar-refractivity contribution in [1.82, 2.24) is 4.90 Å². The second kappa shape index (κ2) is 10.7. The van der Waals surface area contributed by atoms with Gasteiger partial charge in [0.2, 0.25) is 0 Å². The van der Waals surface area contributed by atoms with E-state index in [0.717, 1.165) is 17.7 Å². The molecule has 2 aromatic carbocycles. The van der Waals surface area contributed by atoms with Crippen molar-refractivity contribution in [2.45, 2.75) is 49.3 Å². The number of ether oxygens (including phenoxy) is 2. The van der Waals surface area contributed by atoms with Crippen molar-refractivity contribution in [2.75, 3.05) is 13.6 Å². The van der Waals surface area contributed by atoms with Gasteiger partial charge in [0.05, 0.1) is 5.56 Å². The molecule has 6 atom stereocenters. The van der Waals surface area contributed by atoms with Crippen molar-refractivity contribution in [3.8, 4) is 5.75 Å². The van der Waals surface area contributed by atoms with E-state index < -0.39 is 54.5 Å². The first-order chi connectivity index (χ1) is 16.0. The summed E-state index contributed by atoms with van der Waals surface area (Å²) in [5.41, 5.74) is -0.0483. The van der Waals surface area contributed by atoms with Gasteiger partial charge in [0, 0.05) is 13.0 Å². The van der Waals surface area contributed by atoms with Crippen LogP contribution in [-0.2, 0) is 15.7 Å². The normalized spacial score (nSPS) is 26.3. The number of nitrogens with zero attached hydrogens (tertiary/aromatic N) is 1. The number of aliphatic hydroxyl groups excluding tert-OH is 3. The third kappa shape index (κ3) is 6.05. The van der Waals surface area contributed by atoms with Crippen LogP contribution in [0.3, 0.4) is 0 Å². The number of carboxylic acid groups (broad SMARTS) is 1. The van der Waals surface area contributed by atoms with Crippen LogP contribution in [0.1, 0.15) is 23.7 Å². The molecule has 0 aromatic heterocycles. The summed E-state index contributed by atoms with van der Waals surface area (Å²) in [5, 5.41) is 39.4. The van der Waals surface area contributed by atoms with Crippen molar-refractivity contribution in [3.63, 3.8) is 0 Å². The zero-order valence-electron chi connectivity index (χ0n) is 18.2. The molecule has 1 aliphatic rings. The lowest BCUT2D eigenvalue weighted by atomic mass is 9.97. The molecule has 4 N–H and O–H groups in total. The number of halogens is 3. The summed E-state index contributed by atoms with van der Waals surface area (Å²) >= 11 is 0. The molecule has 0 radical (unpaired) electrons. The minimum absolute atomic E-state index is 0.192. The third-order valence-corrected chi connectivity index (χ3v) is 5.64. The standard InChI is InChI=1S/C23H26F3NO7/c1-27(21-19(30)17(28)18(29)20(34-21)22(31)32)12-11-16(13-5-3-2-4-6-13)33-15-9-7-14(8-10-15)23(24,25)26/h2-10,16-21,28-30H,11-12H2,1H3,(H,31,32)/t16-,17+,18+,19-,20+,21-/m1/s1. The number of hydrogen-bond donors (Lipinski definition) is 4. The Labute approximate surface area is 193 Å². The van der Waals surface area contributed by atoms with Gasteiger partial charge < -0.3 is 29.9 Å². The van der Waals surface area contributed by atoms with Gasteiger partial charge in [-0.25, -0.2) is 4.79 Å². The number of likely N-dealkylation sites (N-methyl/N-ethyl adjacent to an activating group) is 1. The molecular weight excluding hydrogens is 459 g/mol. The third-order valence-electron chi connectivity index (χ3n) is 5.64. The van der Waals surface area contributed by atoms with Gasteiger partial charge in [0.1, 0.15) is 36.4 Å². The molecule has 0 aliphatic carbocycles. The van der Waals surface area contributed by atoms with E-state index in [-0.39, 0.29) is 18.7 Å². The predicted molar refractivity (Wildman–Crippen MR) is 113 cm³/mol. The number of rotatable bonds is 8.